The van der Waals surface area contributed by atoms with E-state index in [9.17, 15) is 0 Å². The number of furan rings is 1. The molecule has 0 unspecified atom stereocenters. The van der Waals surface area contributed by atoms with E-state index < -0.39 is 5.41 Å². The summed E-state index contributed by atoms with van der Waals surface area (Å²) in [6.07, 6.45) is 0. The molecule has 212 valence electrons. The first-order valence-corrected chi connectivity index (χ1v) is 15.4. The number of para-hydroxylation sites is 2. The van der Waals surface area contributed by atoms with Crippen LogP contribution in [0.5, 0.6) is 0 Å². The van der Waals surface area contributed by atoms with Gasteiger partial charge >= 0.3 is 0 Å². The van der Waals surface area contributed by atoms with Gasteiger partial charge in [-0.1, -0.05) is 127 Å². The Hall–Kier alpha value is -5.86. The normalized spacial score (nSPS) is 13.1. The van der Waals surface area contributed by atoms with Gasteiger partial charge in [-0.05, 0) is 81.9 Å². The third-order valence-corrected chi connectivity index (χ3v) is 9.32. The van der Waals surface area contributed by atoms with E-state index >= 15 is 0 Å². The minimum absolute atomic E-state index is 0.468. The average molecular weight is 576 g/mol. The zero-order valence-electron chi connectivity index (χ0n) is 24.6. The number of fused-ring (bicyclic) bond motifs is 6. The fraction of sp³-hybridized carbons (Fsp3) is 0.0233. The van der Waals surface area contributed by atoms with Crippen LogP contribution in [0, 0.1) is 0 Å². The molecule has 9 rings (SSSR count). The summed E-state index contributed by atoms with van der Waals surface area (Å²) in [5, 5.41) is 2.22. The van der Waals surface area contributed by atoms with Gasteiger partial charge in [-0.15, -0.1) is 0 Å². The molecule has 0 fully saturated rings. The topological polar surface area (TPSA) is 16.4 Å². The maximum absolute atomic E-state index is 6.78. The highest BCUT2D eigenvalue weighted by molar-refractivity contribution is 6.15. The van der Waals surface area contributed by atoms with Crippen molar-refractivity contribution in [2.75, 3.05) is 4.90 Å². The lowest BCUT2D eigenvalue weighted by Crippen LogP contribution is -2.28. The van der Waals surface area contributed by atoms with E-state index in [4.69, 9.17) is 4.42 Å². The van der Waals surface area contributed by atoms with Crippen LogP contribution in [0.25, 0.3) is 33.1 Å². The van der Waals surface area contributed by atoms with E-state index in [0.717, 1.165) is 39.0 Å². The van der Waals surface area contributed by atoms with Crippen molar-refractivity contribution in [1.29, 1.82) is 0 Å². The van der Waals surface area contributed by atoms with Crippen molar-refractivity contribution in [3.05, 3.63) is 198 Å². The molecular formula is C43H29NO. The maximum Gasteiger partial charge on any atom is 0.137 e. The van der Waals surface area contributed by atoms with Gasteiger partial charge in [0.2, 0.25) is 0 Å². The minimum atomic E-state index is -0.468. The Morgan fingerprint density at radius 3 is 1.60 bits per heavy atom. The molecule has 1 aliphatic carbocycles. The number of hydrogen-bond donors (Lipinski definition) is 0. The molecule has 2 nitrogen and oxygen atoms in total. The van der Waals surface area contributed by atoms with E-state index in [1.807, 2.05) is 0 Å². The molecule has 1 aliphatic rings. The third kappa shape index (κ3) is 3.76. The summed E-state index contributed by atoms with van der Waals surface area (Å²) < 4.78 is 6.78. The van der Waals surface area contributed by atoms with Crippen LogP contribution >= 0.6 is 0 Å². The van der Waals surface area contributed by atoms with Crippen LogP contribution in [0.2, 0.25) is 0 Å². The Morgan fingerprint density at radius 1 is 0.422 bits per heavy atom. The molecule has 0 amide bonds. The summed E-state index contributed by atoms with van der Waals surface area (Å²) in [6.45, 7) is 0. The summed E-state index contributed by atoms with van der Waals surface area (Å²) in [6, 6.07) is 63.0. The number of anilines is 3. The lowest BCUT2D eigenvalue weighted by Gasteiger charge is -2.33. The standard InChI is InChI=1S/C43H29NO/c1-5-16-30(17-6-1)43(31-18-7-2-8-19-31)37-25-14-13-24-34(37)35-28-36-41(29-38(35)43)45-40-27-15-26-39(42(36)40)44(32-20-9-3-10-21-32)33-22-11-4-12-23-33/h1-29H. The molecule has 8 aromatic rings. The van der Waals surface area contributed by atoms with E-state index in [0.29, 0.717) is 0 Å². The molecule has 1 aromatic heterocycles. The molecule has 0 saturated carbocycles. The second-order valence-electron chi connectivity index (χ2n) is 11.7. The van der Waals surface area contributed by atoms with Crippen LogP contribution in [-0.4, -0.2) is 0 Å². The first-order valence-electron chi connectivity index (χ1n) is 15.4. The highest BCUT2D eigenvalue weighted by Crippen LogP contribution is 2.57. The van der Waals surface area contributed by atoms with Crippen molar-refractivity contribution < 1.29 is 4.42 Å². The van der Waals surface area contributed by atoms with Gasteiger partial charge in [-0.3, -0.25) is 0 Å². The van der Waals surface area contributed by atoms with Gasteiger partial charge in [0, 0.05) is 16.8 Å². The minimum Gasteiger partial charge on any atom is -0.456 e. The van der Waals surface area contributed by atoms with Crippen LogP contribution in [0.3, 0.4) is 0 Å². The van der Waals surface area contributed by atoms with E-state index in [1.165, 1.54) is 33.4 Å². The van der Waals surface area contributed by atoms with Crippen LogP contribution in [0.4, 0.5) is 17.1 Å². The van der Waals surface area contributed by atoms with Crippen molar-refractivity contribution in [3.63, 3.8) is 0 Å². The summed E-state index contributed by atoms with van der Waals surface area (Å²) in [5.41, 5.74) is 12.1. The van der Waals surface area contributed by atoms with Gasteiger partial charge in [0.15, 0.2) is 0 Å². The third-order valence-electron chi connectivity index (χ3n) is 9.32. The second kappa shape index (κ2) is 10.1. The van der Waals surface area contributed by atoms with Crippen molar-refractivity contribution in [3.8, 4) is 11.1 Å². The summed E-state index contributed by atoms with van der Waals surface area (Å²) in [7, 11) is 0. The quantitative estimate of drug-likeness (QED) is 0.203. The average Bonchev–Trinajstić information content (AvgIpc) is 3.63. The van der Waals surface area contributed by atoms with Crippen LogP contribution in [-0.2, 0) is 5.41 Å². The summed E-state index contributed by atoms with van der Waals surface area (Å²) in [4.78, 5) is 2.33. The van der Waals surface area contributed by atoms with Gasteiger partial charge in [0.05, 0.1) is 16.5 Å². The largest absolute Gasteiger partial charge is 0.456 e. The van der Waals surface area contributed by atoms with Gasteiger partial charge in [-0.2, -0.15) is 0 Å². The molecule has 7 aromatic carbocycles. The molecule has 0 radical (unpaired) electrons. The van der Waals surface area contributed by atoms with E-state index in [-0.39, 0.29) is 0 Å². The molecule has 45 heavy (non-hydrogen) atoms. The highest BCUT2D eigenvalue weighted by Gasteiger charge is 2.46. The van der Waals surface area contributed by atoms with Gasteiger partial charge in [0.25, 0.3) is 0 Å². The van der Waals surface area contributed by atoms with Crippen molar-refractivity contribution >= 4 is 39.0 Å². The fourth-order valence-corrected chi connectivity index (χ4v) is 7.51. The SMILES string of the molecule is c1ccc(N(c2ccccc2)c2cccc3oc4cc5c(cc4c23)-c2ccccc2C5(c2ccccc2)c2ccccc2)cc1. The monoisotopic (exact) mass is 575 g/mol. The molecule has 0 bridgehead atoms. The molecule has 0 spiro atoms. The molecule has 0 N–H and O–H groups in total. The Labute approximate surface area is 262 Å². The lowest BCUT2D eigenvalue weighted by atomic mass is 9.67. The van der Waals surface area contributed by atoms with E-state index in [1.54, 1.807) is 0 Å². The zero-order chi connectivity index (χ0) is 29.8. The van der Waals surface area contributed by atoms with Crippen molar-refractivity contribution in [2.24, 2.45) is 0 Å². The predicted molar refractivity (Wildman–Crippen MR) is 186 cm³/mol. The Bertz CT molecular complexity index is 2230. The molecule has 0 saturated heterocycles. The fourth-order valence-electron chi connectivity index (χ4n) is 7.51. The van der Waals surface area contributed by atoms with Crippen molar-refractivity contribution in [1.82, 2.24) is 0 Å². The predicted octanol–water partition coefficient (Wildman–Crippen LogP) is 11.4. The lowest BCUT2D eigenvalue weighted by molar-refractivity contribution is 0.666. The number of rotatable bonds is 5. The molecule has 0 aliphatic heterocycles. The summed E-state index contributed by atoms with van der Waals surface area (Å²) >= 11 is 0. The molecule has 2 heteroatoms. The van der Waals surface area contributed by atoms with Crippen LogP contribution in [0.15, 0.2) is 180 Å². The molecule has 1 heterocycles. The highest BCUT2D eigenvalue weighted by atomic mass is 16.3. The van der Waals surface area contributed by atoms with Crippen LogP contribution in [0.1, 0.15) is 22.3 Å². The molecule has 0 atom stereocenters. The van der Waals surface area contributed by atoms with Crippen molar-refractivity contribution in [2.45, 2.75) is 5.41 Å². The molecular weight excluding hydrogens is 546 g/mol. The number of benzene rings is 7. The first-order chi connectivity index (χ1) is 22.3. The number of hydrogen-bond acceptors (Lipinski definition) is 2. The van der Waals surface area contributed by atoms with Gasteiger partial charge in [0.1, 0.15) is 11.2 Å². The summed E-state index contributed by atoms with van der Waals surface area (Å²) in [5.74, 6) is 0. The van der Waals surface area contributed by atoms with Crippen LogP contribution < -0.4 is 4.90 Å². The Morgan fingerprint density at radius 2 is 0.978 bits per heavy atom. The smallest absolute Gasteiger partial charge is 0.137 e. The Balaban J connectivity index is 1.38. The van der Waals surface area contributed by atoms with Gasteiger partial charge in [-0.25, -0.2) is 0 Å². The Kier molecular flexibility index (Phi) is 5.76. The second-order valence-corrected chi connectivity index (χ2v) is 11.7. The first kappa shape index (κ1) is 25.6. The maximum atomic E-state index is 6.78. The number of nitrogens with zero attached hydrogens (tertiary/aromatic N) is 1. The zero-order valence-corrected chi connectivity index (χ0v) is 24.6. The van der Waals surface area contributed by atoms with E-state index in [2.05, 4.69) is 181 Å². The van der Waals surface area contributed by atoms with Gasteiger partial charge < -0.3 is 9.32 Å².